The fraction of sp³-hybridized carbons (Fsp3) is 0.0714. The standard InChI is InChI=1S/C14H12BrClN2O2/c1-20-9-3-5-11(15)13(7-9)18-14(19)10-4-2-8(17)6-12(10)16/h2-7H,17H2,1H3,(H,18,19). The van der Waals surface area contributed by atoms with E-state index in [1.807, 2.05) is 0 Å². The van der Waals surface area contributed by atoms with Crippen LogP contribution in [-0.4, -0.2) is 13.0 Å². The van der Waals surface area contributed by atoms with Crippen LogP contribution in [0.15, 0.2) is 40.9 Å². The van der Waals surface area contributed by atoms with Crippen molar-refractivity contribution in [3.63, 3.8) is 0 Å². The Hall–Kier alpha value is -1.72. The molecule has 20 heavy (non-hydrogen) atoms. The second kappa shape index (κ2) is 6.15. The van der Waals surface area contributed by atoms with E-state index in [1.54, 1.807) is 37.4 Å². The van der Waals surface area contributed by atoms with Gasteiger partial charge >= 0.3 is 0 Å². The smallest absolute Gasteiger partial charge is 0.257 e. The number of methoxy groups -OCH3 is 1. The number of nitrogens with two attached hydrogens (primary N) is 1. The van der Waals surface area contributed by atoms with Crippen LogP contribution in [-0.2, 0) is 0 Å². The molecule has 0 aromatic heterocycles. The van der Waals surface area contributed by atoms with E-state index in [-0.39, 0.29) is 5.91 Å². The van der Waals surface area contributed by atoms with Gasteiger partial charge in [0.05, 0.1) is 23.4 Å². The molecule has 6 heteroatoms. The third-order valence-corrected chi connectivity index (χ3v) is 3.66. The molecule has 0 atom stereocenters. The lowest BCUT2D eigenvalue weighted by molar-refractivity contribution is 0.102. The van der Waals surface area contributed by atoms with E-state index < -0.39 is 0 Å². The predicted octanol–water partition coefficient (Wildman–Crippen LogP) is 3.95. The first-order valence-electron chi connectivity index (χ1n) is 5.71. The summed E-state index contributed by atoms with van der Waals surface area (Å²) in [7, 11) is 1.56. The zero-order valence-corrected chi connectivity index (χ0v) is 13.0. The number of rotatable bonds is 3. The zero-order valence-electron chi connectivity index (χ0n) is 10.6. The molecule has 4 nitrogen and oxygen atoms in total. The molecule has 0 saturated heterocycles. The first-order valence-corrected chi connectivity index (χ1v) is 6.88. The zero-order chi connectivity index (χ0) is 14.7. The number of carbonyl (C=O) groups is 1. The second-order valence-electron chi connectivity index (χ2n) is 4.04. The number of anilines is 2. The Morgan fingerprint density at radius 3 is 2.70 bits per heavy atom. The molecule has 0 aliphatic heterocycles. The van der Waals surface area contributed by atoms with Crippen molar-refractivity contribution in [2.24, 2.45) is 0 Å². The van der Waals surface area contributed by atoms with Crippen molar-refractivity contribution < 1.29 is 9.53 Å². The molecule has 3 N–H and O–H groups in total. The van der Waals surface area contributed by atoms with E-state index in [9.17, 15) is 4.79 Å². The fourth-order valence-corrected chi connectivity index (χ4v) is 2.25. The molecule has 2 aromatic carbocycles. The number of ether oxygens (including phenoxy) is 1. The van der Waals surface area contributed by atoms with Crippen LogP contribution in [0.1, 0.15) is 10.4 Å². The van der Waals surface area contributed by atoms with Crippen molar-refractivity contribution >= 4 is 44.8 Å². The molecule has 2 rings (SSSR count). The minimum absolute atomic E-state index is 0.307. The number of halogens is 2. The Kier molecular flexibility index (Phi) is 4.52. The van der Waals surface area contributed by atoms with Crippen LogP contribution in [0.3, 0.4) is 0 Å². The fourth-order valence-electron chi connectivity index (χ4n) is 1.63. The average Bonchev–Trinajstić information content (AvgIpc) is 2.41. The van der Waals surface area contributed by atoms with Crippen LogP contribution in [0, 0.1) is 0 Å². The number of carbonyl (C=O) groups excluding carboxylic acids is 1. The SMILES string of the molecule is COc1ccc(Br)c(NC(=O)c2ccc(N)cc2Cl)c1. The summed E-state index contributed by atoms with van der Waals surface area (Å²) in [6, 6.07) is 10.0. The summed E-state index contributed by atoms with van der Waals surface area (Å²) < 4.78 is 5.87. The van der Waals surface area contributed by atoms with Crippen LogP contribution < -0.4 is 15.8 Å². The first-order chi connectivity index (χ1) is 9.51. The van der Waals surface area contributed by atoms with E-state index in [4.69, 9.17) is 22.1 Å². The number of nitrogens with one attached hydrogen (secondary N) is 1. The maximum Gasteiger partial charge on any atom is 0.257 e. The topological polar surface area (TPSA) is 64.3 Å². The molecule has 0 heterocycles. The van der Waals surface area contributed by atoms with Crippen molar-refractivity contribution in [3.8, 4) is 5.75 Å². The van der Waals surface area contributed by atoms with Crippen molar-refractivity contribution in [1.82, 2.24) is 0 Å². The number of hydrogen-bond donors (Lipinski definition) is 2. The first kappa shape index (κ1) is 14.7. The number of benzene rings is 2. The molecule has 1 amide bonds. The molecule has 0 fully saturated rings. The van der Waals surface area contributed by atoms with Gasteiger partial charge in [-0.2, -0.15) is 0 Å². The van der Waals surface area contributed by atoms with Gasteiger partial charge < -0.3 is 15.8 Å². The summed E-state index contributed by atoms with van der Waals surface area (Å²) in [5, 5.41) is 3.08. The number of nitrogen functional groups attached to an aromatic ring is 1. The van der Waals surface area contributed by atoms with Crippen molar-refractivity contribution in [2.45, 2.75) is 0 Å². The average molecular weight is 356 g/mol. The van der Waals surface area contributed by atoms with E-state index in [1.165, 1.54) is 6.07 Å². The third-order valence-electron chi connectivity index (χ3n) is 2.66. The lowest BCUT2D eigenvalue weighted by Gasteiger charge is -2.10. The Morgan fingerprint density at radius 2 is 2.05 bits per heavy atom. The van der Waals surface area contributed by atoms with E-state index in [0.717, 1.165) is 4.47 Å². The van der Waals surface area contributed by atoms with Gasteiger partial charge in [0.25, 0.3) is 5.91 Å². The Labute approximate surface area is 130 Å². The van der Waals surface area contributed by atoms with E-state index in [0.29, 0.717) is 27.7 Å². The van der Waals surface area contributed by atoms with Gasteiger partial charge in [0.15, 0.2) is 0 Å². The van der Waals surface area contributed by atoms with Crippen LogP contribution in [0.5, 0.6) is 5.75 Å². The molecule has 0 spiro atoms. The highest BCUT2D eigenvalue weighted by Crippen LogP contribution is 2.28. The van der Waals surface area contributed by atoms with Gasteiger partial charge in [-0.25, -0.2) is 0 Å². The maximum atomic E-state index is 12.2. The van der Waals surface area contributed by atoms with Gasteiger partial charge in [-0.05, 0) is 46.3 Å². The Bertz CT molecular complexity index is 662. The molecular weight excluding hydrogens is 344 g/mol. The number of hydrogen-bond acceptors (Lipinski definition) is 3. The third kappa shape index (κ3) is 3.23. The summed E-state index contributed by atoms with van der Waals surface area (Å²) in [6.45, 7) is 0. The van der Waals surface area contributed by atoms with Crippen LogP contribution in [0.25, 0.3) is 0 Å². The van der Waals surface area contributed by atoms with Crippen molar-refractivity contribution in [3.05, 3.63) is 51.5 Å². The van der Waals surface area contributed by atoms with Gasteiger partial charge in [0.1, 0.15) is 5.75 Å². The van der Waals surface area contributed by atoms with Crippen LogP contribution >= 0.6 is 27.5 Å². The lowest BCUT2D eigenvalue weighted by atomic mass is 10.2. The van der Waals surface area contributed by atoms with Crippen molar-refractivity contribution in [1.29, 1.82) is 0 Å². The van der Waals surface area contributed by atoms with Crippen LogP contribution in [0.2, 0.25) is 5.02 Å². The molecule has 104 valence electrons. The molecule has 0 aliphatic rings. The highest BCUT2D eigenvalue weighted by atomic mass is 79.9. The quantitative estimate of drug-likeness (QED) is 0.820. The van der Waals surface area contributed by atoms with Gasteiger partial charge in [0, 0.05) is 16.2 Å². The van der Waals surface area contributed by atoms with Gasteiger partial charge in [-0.1, -0.05) is 11.6 Å². The van der Waals surface area contributed by atoms with Gasteiger partial charge in [0.2, 0.25) is 0 Å². The molecule has 0 aliphatic carbocycles. The summed E-state index contributed by atoms with van der Waals surface area (Å²) in [5.41, 5.74) is 7.07. The van der Waals surface area contributed by atoms with E-state index in [2.05, 4.69) is 21.2 Å². The Morgan fingerprint density at radius 1 is 1.30 bits per heavy atom. The minimum Gasteiger partial charge on any atom is -0.497 e. The number of amides is 1. The summed E-state index contributed by atoms with van der Waals surface area (Å²) in [4.78, 5) is 12.2. The summed E-state index contributed by atoms with van der Waals surface area (Å²) in [5.74, 6) is 0.329. The van der Waals surface area contributed by atoms with Gasteiger partial charge in [-0.15, -0.1) is 0 Å². The predicted molar refractivity (Wildman–Crippen MR) is 84.5 cm³/mol. The summed E-state index contributed by atoms with van der Waals surface area (Å²) in [6.07, 6.45) is 0. The molecule has 0 radical (unpaired) electrons. The molecular formula is C14H12BrClN2O2. The monoisotopic (exact) mass is 354 g/mol. The maximum absolute atomic E-state index is 12.2. The molecule has 0 saturated carbocycles. The minimum atomic E-state index is -0.316. The van der Waals surface area contributed by atoms with E-state index >= 15 is 0 Å². The van der Waals surface area contributed by atoms with Gasteiger partial charge in [-0.3, -0.25) is 4.79 Å². The summed E-state index contributed by atoms with van der Waals surface area (Å²) >= 11 is 9.38. The molecule has 0 bridgehead atoms. The lowest BCUT2D eigenvalue weighted by Crippen LogP contribution is -2.13. The van der Waals surface area contributed by atoms with Crippen molar-refractivity contribution in [2.75, 3.05) is 18.2 Å². The Balaban J connectivity index is 2.27. The highest BCUT2D eigenvalue weighted by molar-refractivity contribution is 9.10. The molecule has 2 aromatic rings. The molecule has 0 unspecified atom stereocenters. The van der Waals surface area contributed by atoms with Crippen LogP contribution in [0.4, 0.5) is 11.4 Å². The normalized spacial score (nSPS) is 10.2. The second-order valence-corrected chi connectivity index (χ2v) is 5.30. The largest absolute Gasteiger partial charge is 0.497 e. The highest BCUT2D eigenvalue weighted by Gasteiger charge is 2.12.